The molecule has 1 aliphatic rings. The van der Waals surface area contributed by atoms with Crippen molar-refractivity contribution >= 4 is 11.6 Å². The zero-order valence-corrected chi connectivity index (χ0v) is 11.8. The molecule has 0 amide bonds. The molecule has 0 aromatic carbocycles. The SMILES string of the molecule is CC(CCCl)CCN(C)C1CCN(C)CC1. The van der Waals surface area contributed by atoms with Crippen molar-refractivity contribution in [2.45, 2.75) is 38.6 Å². The number of halogens is 1. The van der Waals surface area contributed by atoms with Gasteiger partial charge in [0.15, 0.2) is 0 Å². The minimum atomic E-state index is 0.770. The van der Waals surface area contributed by atoms with Crippen LogP contribution in [0.3, 0.4) is 0 Å². The lowest BCUT2D eigenvalue weighted by atomic mass is 10.0. The topological polar surface area (TPSA) is 6.48 Å². The van der Waals surface area contributed by atoms with Gasteiger partial charge in [-0.15, -0.1) is 11.6 Å². The van der Waals surface area contributed by atoms with Crippen molar-refractivity contribution in [3.05, 3.63) is 0 Å². The second-order valence-corrected chi connectivity index (χ2v) is 5.76. The molecule has 0 bridgehead atoms. The van der Waals surface area contributed by atoms with Gasteiger partial charge in [-0.05, 0) is 65.3 Å². The highest BCUT2D eigenvalue weighted by Gasteiger charge is 2.20. The highest BCUT2D eigenvalue weighted by atomic mass is 35.5. The van der Waals surface area contributed by atoms with Crippen LogP contribution >= 0.6 is 11.6 Å². The molecule has 3 heteroatoms. The first kappa shape index (κ1) is 14.3. The van der Waals surface area contributed by atoms with E-state index in [9.17, 15) is 0 Å². The maximum atomic E-state index is 5.76. The first-order valence-corrected chi connectivity index (χ1v) is 7.11. The average Bonchev–Trinajstić information content (AvgIpc) is 2.27. The van der Waals surface area contributed by atoms with Crippen molar-refractivity contribution in [2.75, 3.05) is 39.6 Å². The van der Waals surface area contributed by atoms with Crippen molar-refractivity contribution < 1.29 is 0 Å². The lowest BCUT2D eigenvalue weighted by Gasteiger charge is -2.35. The van der Waals surface area contributed by atoms with Gasteiger partial charge in [-0.2, -0.15) is 0 Å². The molecule has 1 fully saturated rings. The van der Waals surface area contributed by atoms with Crippen LogP contribution in [0.15, 0.2) is 0 Å². The van der Waals surface area contributed by atoms with Gasteiger partial charge in [0, 0.05) is 11.9 Å². The van der Waals surface area contributed by atoms with Crippen LogP contribution in [-0.2, 0) is 0 Å². The quantitative estimate of drug-likeness (QED) is 0.665. The Hall–Kier alpha value is 0.210. The molecule has 16 heavy (non-hydrogen) atoms. The summed E-state index contributed by atoms with van der Waals surface area (Å²) < 4.78 is 0. The van der Waals surface area contributed by atoms with Gasteiger partial charge in [0.25, 0.3) is 0 Å². The van der Waals surface area contributed by atoms with Crippen LogP contribution in [0.25, 0.3) is 0 Å². The molecule has 1 heterocycles. The minimum Gasteiger partial charge on any atom is -0.306 e. The van der Waals surface area contributed by atoms with Gasteiger partial charge in [-0.3, -0.25) is 0 Å². The van der Waals surface area contributed by atoms with Gasteiger partial charge >= 0.3 is 0 Å². The number of rotatable bonds is 6. The first-order valence-electron chi connectivity index (χ1n) is 6.58. The molecule has 0 radical (unpaired) electrons. The molecule has 0 aliphatic carbocycles. The molecule has 0 saturated carbocycles. The Morgan fingerprint density at radius 3 is 2.50 bits per heavy atom. The van der Waals surface area contributed by atoms with Gasteiger partial charge in [0.2, 0.25) is 0 Å². The minimum absolute atomic E-state index is 0.770. The van der Waals surface area contributed by atoms with Crippen LogP contribution in [0.5, 0.6) is 0 Å². The Morgan fingerprint density at radius 2 is 1.94 bits per heavy atom. The molecule has 1 unspecified atom stereocenters. The van der Waals surface area contributed by atoms with Crippen LogP contribution in [0, 0.1) is 5.92 Å². The molecular formula is C13H27ClN2. The van der Waals surface area contributed by atoms with E-state index in [4.69, 9.17) is 11.6 Å². The third-order valence-electron chi connectivity index (χ3n) is 3.89. The Balaban J connectivity index is 2.16. The highest BCUT2D eigenvalue weighted by Crippen LogP contribution is 2.16. The summed E-state index contributed by atoms with van der Waals surface area (Å²) in [5.74, 6) is 1.57. The van der Waals surface area contributed by atoms with Gasteiger partial charge in [-0.1, -0.05) is 6.92 Å². The highest BCUT2D eigenvalue weighted by molar-refractivity contribution is 6.17. The summed E-state index contributed by atoms with van der Waals surface area (Å²) in [7, 11) is 4.50. The van der Waals surface area contributed by atoms with Crippen molar-refractivity contribution in [3.63, 3.8) is 0 Å². The second-order valence-electron chi connectivity index (χ2n) is 5.39. The number of alkyl halides is 1. The lowest BCUT2D eigenvalue weighted by molar-refractivity contribution is 0.139. The maximum Gasteiger partial charge on any atom is 0.0225 e. The predicted octanol–water partition coefficient (Wildman–Crippen LogP) is 2.67. The van der Waals surface area contributed by atoms with E-state index in [2.05, 4.69) is 30.8 Å². The van der Waals surface area contributed by atoms with Crippen LogP contribution in [-0.4, -0.2) is 55.5 Å². The summed E-state index contributed by atoms with van der Waals surface area (Å²) in [4.78, 5) is 4.98. The fraction of sp³-hybridized carbons (Fsp3) is 1.00. The van der Waals surface area contributed by atoms with E-state index < -0.39 is 0 Å². The van der Waals surface area contributed by atoms with E-state index in [1.165, 1.54) is 38.9 Å². The van der Waals surface area contributed by atoms with E-state index in [0.717, 1.165) is 24.3 Å². The fourth-order valence-electron chi connectivity index (χ4n) is 2.37. The fourth-order valence-corrected chi connectivity index (χ4v) is 2.75. The number of hydrogen-bond donors (Lipinski definition) is 0. The largest absolute Gasteiger partial charge is 0.306 e. The Morgan fingerprint density at radius 1 is 1.31 bits per heavy atom. The monoisotopic (exact) mass is 246 g/mol. The normalized spacial score (nSPS) is 21.6. The molecule has 1 aliphatic heterocycles. The zero-order valence-electron chi connectivity index (χ0n) is 11.1. The van der Waals surface area contributed by atoms with E-state index >= 15 is 0 Å². The lowest BCUT2D eigenvalue weighted by Crippen LogP contribution is -2.42. The average molecular weight is 247 g/mol. The molecule has 1 saturated heterocycles. The molecule has 1 rings (SSSR count). The van der Waals surface area contributed by atoms with E-state index in [0.29, 0.717) is 0 Å². The second kappa shape index (κ2) is 7.52. The molecule has 0 aromatic heterocycles. The van der Waals surface area contributed by atoms with E-state index in [1.807, 2.05) is 0 Å². The van der Waals surface area contributed by atoms with Crippen LogP contribution in [0.1, 0.15) is 32.6 Å². The van der Waals surface area contributed by atoms with Crippen molar-refractivity contribution in [3.8, 4) is 0 Å². The van der Waals surface area contributed by atoms with Gasteiger partial charge < -0.3 is 9.80 Å². The maximum absolute atomic E-state index is 5.76. The Labute approximate surface area is 106 Å². The van der Waals surface area contributed by atoms with Crippen LogP contribution in [0.4, 0.5) is 0 Å². The van der Waals surface area contributed by atoms with Gasteiger partial charge in [-0.25, -0.2) is 0 Å². The Kier molecular flexibility index (Phi) is 6.71. The first-order chi connectivity index (χ1) is 7.63. The molecule has 0 N–H and O–H groups in total. The number of hydrogen-bond acceptors (Lipinski definition) is 2. The van der Waals surface area contributed by atoms with Crippen LogP contribution < -0.4 is 0 Å². The van der Waals surface area contributed by atoms with Crippen molar-refractivity contribution in [1.29, 1.82) is 0 Å². The van der Waals surface area contributed by atoms with E-state index in [1.54, 1.807) is 0 Å². The van der Waals surface area contributed by atoms with Crippen LogP contribution in [0.2, 0.25) is 0 Å². The third kappa shape index (κ3) is 5.03. The summed E-state index contributed by atoms with van der Waals surface area (Å²) in [6.45, 7) is 6.05. The molecule has 0 spiro atoms. The summed E-state index contributed by atoms with van der Waals surface area (Å²) in [5.41, 5.74) is 0. The smallest absolute Gasteiger partial charge is 0.0225 e. The number of likely N-dealkylation sites (tertiary alicyclic amines) is 1. The summed E-state index contributed by atoms with van der Waals surface area (Å²) in [5, 5.41) is 0. The van der Waals surface area contributed by atoms with Gasteiger partial charge in [0.05, 0.1) is 0 Å². The van der Waals surface area contributed by atoms with Crippen molar-refractivity contribution in [1.82, 2.24) is 9.80 Å². The summed E-state index contributed by atoms with van der Waals surface area (Å²) in [6, 6.07) is 0.805. The third-order valence-corrected chi connectivity index (χ3v) is 4.11. The molecule has 96 valence electrons. The van der Waals surface area contributed by atoms with Gasteiger partial charge in [0.1, 0.15) is 0 Å². The van der Waals surface area contributed by atoms with E-state index in [-0.39, 0.29) is 0 Å². The summed E-state index contributed by atoms with van der Waals surface area (Å²) >= 11 is 5.76. The Bertz CT molecular complexity index is 179. The molecule has 0 aromatic rings. The standard InChI is InChI=1S/C13H27ClN2/c1-12(4-8-14)5-11-16(3)13-6-9-15(2)10-7-13/h12-13H,4-11H2,1-3H3. The number of piperidine rings is 1. The predicted molar refractivity (Wildman–Crippen MR) is 72.3 cm³/mol. The van der Waals surface area contributed by atoms with Crippen molar-refractivity contribution in [2.24, 2.45) is 5.92 Å². The number of nitrogens with zero attached hydrogens (tertiary/aromatic N) is 2. The summed E-state index contributed by atoms with van der Waals surface area (Å²) in [6.07, 6.45) is 5.10. The zero-order chi connectivity index (χ0) is 12.0. The molecule has 2 nitrogen and oxygen atoms in total. The molecular weight excluding hydrogens is 220 g/mol. The molecule has 1 atom stereocenters.